The zero-order chi connectivity index (χ0) is 17.5. The van der Waals surface area contributed by atoms with Gasteiger partial charge in [-0.05, 0) is 13.0 Å². The average Bonchev–Trinajstić information content (AvgIpc) is 2.63. The van der Waals surface area contributed by atoms with Crippen molar-refractivity contribution in [3.8, 4) is 0 Å². The van der Waals surface area contributed by atoms with E-state index in [4.69, 9.17) is 0 Å². The fraction of sp³-hybridized carbons (Fsp3) is 0.471. The number of nitrogens with zero attached hydrogens (tertiary/aromatic N) is 6. The minimum atomic E-state index is 0.0307. The zero-order valence-corrected chi connectivity index (χ0v) is 14.4. The van der Waals surface area contributed by atoms with E-state index in [9.17, 15) is 4.79 Å². The molecule has 0 aliphatic carbocycles. The molecule has 0 radical (unpaired) electrons. The number of nitrogens with one attached hydrogen (secondary N) is 1. The second kappa shape index (κ2) is 8.48. The second-order valence-corrected chi connectivity index (χ2v) is 6.18. The van der Waals surface area contributed by atoms with E-state index in [1.807, 2.05) is 13.0 Å². The number of piperazine rings is 1. The van der Waals surface area contributed by atoms with Gasteiger partial charge in [0.25, 0.3) is 0 Å². The van der Waals surface area contributed by atoms with Gasteiger partial charge in [-0.3, -0.25) is 19.7 Å². The van der Waals surface area contributed by atoms with Crippen LogP contribution in [0, 0.1) is 0 Å². The largest absolute Gasteiger partial charge is 0.352 e. The Hall–Kier alpha value is -2.61. The van der Waals surface area contributed by atoms with Crippen LogP contribution in [-0.4, -0.2) is 69.5 Å². The van der Waals surface area contributed by atoms with Gasteiger partial charge in [-0.1, -0.05) is 0 Å². The summed E-state index contributed by atoms with van der Waals surface area (Å²) >= 11 is 0. The van der Waals surface area contributed by atoms with Crippen molar-refractivity contribution in [2.45, 2.75) is 19.4 Å². The first-order valence-electron chi connectivity index (χ1n) is 8.49. The number of rotatable bonds is 6. The molecular formula is C17H23N7O. The normalized spacial score (nSPS) is 16.4. The van der Waals surface area contributed by atoms with Crippen LogP contribution in [0.15, 0.2) is 37.1 Å². The Morgan fingerprint density at radius 3 is 2.56 bits per heavy atom. The van der Waals surface area contributed by atoms with E-state index in [0.717, 1.165) is 37.8 Å². The third kappa shape index (κ3) is 5.18. The van der Waals surface area contributed by atoms with Crippen molar-refractivity contribution in [1.29, 1.82) is 0 Å². The highest BCUT2D eigenvalue weighted by Crippen LogP contribution is 2.09. The molecule has 1 aliphatic rings. The molecule has 0 bridgehead atoms. The number of hydrogen-bond acceptors (Lipinski definition) is 7. The number of hydrogen-bond donors (Lipinski definition) is 1. The molecule has 1 fully saturated rings. The predicted octanol–water partition coefficient (Wildman–Crippen LogP) is 0.136. The van der Waals surface area contributed by atoms with Crippen molar-refractivity contribution in [2.24, 2.45) is 0 Å². The molecule has 8 heteroatoms. The summed E-state index contributed by atoms with van der Waals surface area (Å²) in [5.74, 6) is 0.796. The Morgan fingerprint density at radius 2 is 1.88 bits per heavy atom. The molecule has 2 aromatic rings. The molecule has 3 heterocycles. The van der Waals surface area contributed by atoms with Gasteiger partial charge in [-0.2, -0.15) is 0 Å². The Labute approximate surface area is 147 Å². The lowest BCUT2D eigenvalue weighted by atomic mass is 10.2. The highest BCUT2D eigenvalue weighted by atomic mass is 16.2. The number of carbonyl (C=O) groups is 1. The monoisotopic (exact) mass is 341 g/mol. The van der Waals surface area contributed by atoms with Crippen molar-refractivity contribution in [2.75, 3.05) is 37.6 Å². The molecule has 1 saturated heterocycles. The molecule has 2 aromatic heterocycles. The van der Waals surface area contributed by atoms with Gasteiger partial charge in [0.15, 0.2) is 0 Å². The highest BCUT2D eigenvalue weighted by Gasteiger charge is 2.21. The lowest BCUT2D eigenvalue weighted by Gasteiger charge is -2.34. The molecule has 8 nitrogen and oxygen atoms in total. The van der Waals surface area contributed by atoms with Crippen LogP contribution in [0.1, 0.15) is 12.6 Å². The molecule has 1 amide bonds. The lowest BCUT2D eigenvalue weighted by molar-refractivity contribution is -0.122. The van der Waals surface area contributed by atoms with Crippen molar-refractivity contribution >= 4 is 11.9 Å². The Morgan fingerprint density at radius 1 is 1.12 bits per heavy atom. The maximum absolute atomic E-state index is 12.2. The summed E-state index contributed by atoms with van der Waals surface area (Å²) in [5, 5.41) is 3.03. The topological polar surface area (TPSA) is 87.1 Å². The first-order valence-corrected chi connectivity index (χ1v) is 8.49. The van der Waals surface area contributed by atoms with Crippen molar-refractivity contribution < 1.29 is 4.79 Å². The minimum Gasteiger partial charge on any atom is -0.352 e. The maximum atomic E-state index is 12.2. The third-order valence-electron chi connectivity index (χ3n) is 4.11. The van der Waals surface area contributed by atoms with E-state index < -0.39 is 0 Å². The molecular weight excluding hydrogens is 318 g/mol. The molecule has 132 valence electrons. The van der Waals surface area contributed by atoms with Gasteiger partial charge in [0.05, 0.1) is 12.2 Å². The number of aromatic nitrogens is 4. The zero-order valence-electron chi connectivity index (χ0n) is 14.4. The van der Waals surface area contributed by atoms with Crippen LogP contribution in [0.5, 0.6) is 0 Å². The van der Waals surface area contributed by atoms with Gasteiger partial charge in [0.1, 0.15) is 0 Å². The smallest absolute Gasteiger partial charge is 0.234 e. The number of amides is 1. The van der Waals surface area contributed by atoms with Crippen LogP contribution in [0.3, 0.4) is 0 Å². The van der Waals surface area contributed by atoms with Gasteiger partial charge in [0.2, 0.25) is 11.9 Å². The molecule has 0 unspecified atom stereocenters. The summed E-state index contributed by atoms with van der Waals surface area (Å²) in [6.07, 6.45) is 9.22. The number of anilines is 1. The molecule has 0 spiro atoms. The molecule has 0 saturated carbocycles. The maximum Gasteiger partial charge on any atom is 0.234 e. The van der Waals surface area contributed by atoms with Crippen LogP contribution in [0.25, 0.3) is 0 Å². The first kappa shape index (κ1) is 17.2. The number of carbonyl (C=O) groups excluding carboxylic acids is 1. The minimum absolute atomic E-state index is 0.0307. The fourth-order valence-corrected chi connectivity index (χ4v) is 2.88. The van der Waals surface area contributed by atoms with Gasteiger partial charge in [-0.15, -0.1) is 0 Å². The van der Waals surface area contributed by atoms with E-state index in [1.165, 1.54) is 0 Å². The fourth-order valence-electron chi connectivity index (χ4n) is 2.88. The van der Waals surface area contributed by atoms with Crippen molar-refractivity contribution in [3.63, 3.8) is 0 Å². The molecule has 3 rings (SSSR count). The van der Waals surface area contributed by atoms with E-state index in [0.29, 0.717) is 13.0 Å². The molecule has 0 aromatic carbocycles. The van der Waals surface area contributed by atoms with Crippen LogP contribution >= 0.6 is 0 Å². The standard InChI is InChI=1S/C17H23N7O/c1-14(11-15-12-18-5-6-19-15)22-16(25)13-23-7-9-24(10-8-23)17-20-3-2-4-21-17/h2-6,12,14H,7-11,13H2,1H3,(H,22,25)/t14-/m1/s1. The molecule has 25 heavy (non-hydrogen) atoms. The van der Waals surface area contributed by atoms with Gasteiger partial charge in [-0.25, -0.2) is 9.97 Å². The summed E-state index contributed by atoms with van der Waals surface area (Å²) in [7, 11) is 0. The van der Waals surface area contributed by atoms with E-state index >= 15 is 0 Å². The van der Waals surface area contributed by atoms with Crippen molar-refractivity contribution in [1.82, 2.24) is 30.2 Å². The van der Waals surface area contributed by atoms with E-state index in [2.05, 4.69) is 35.1 Å². The quantitative estimate of drug-likeness (QED) is 0.799. The summed E-state index contributed by atoms with van der Waals surface area (Å²) in [6, 6.07) is 1.84. The molecule has 1 atom stereocenters. The molecule has 1 aliphatic heterocycles. The summed E-state index contributed by atoms with van der Waals surface area (Å²) in [6.45, 7) is 5.69. The van der Waals surface area contributed by atoms with Crippen LogP contribution in [0.2, 0.25) is 0 Å². The second-order valence-electron chi connectivity index (χ2n) is 6.18. The molecule has 1 N–H and O–H groups in total. The Balaban J connectivity index is 1.40. The first-order chi connectivity index (χ1) is 12.2. The summed E-state index contributed by atoms with van der Waals surface area (Å²) in [4.78, 5) is 33.4. The van der Waals surface area contributed by atoms with Crippen LogP contribution in [-0.2, 0) is 11.2 Å². The van der Waals surface area contributed by atoms with Gasteiger partial charge >= 0.3 is 0 Å². The van der Waals surface area contributed by atoms with E-state index in [-0.39, 0.29) is 11.9 Å². The van der Waals surface area contributed by atoms with Gasteiger partial charge < -0.3 is 10.2 Å². The van der Waals surface area contributed by atoms with Crippen molar-refractivity contribution in [3.05, 3.63) is 42.7 Å². The van der Waals surface area contributed by atoms with Crippen LogP contribution < -0.4 is 10.2 Å². The third-order valence-corrected chi connectivity index (χ3v) is 4.11. The van der Waals surface area contributed by atoms with Gasteiger partial charge in [0, 0.05) is 69.6 Å². The Bertz CT molecular complexity index is 659. The average molecular weight is 341 g/mol. The Kier molecular flexibility index (Phi) is 5.84. The van der Waals surface area contributed by atoms with Crippen LogP contribution in [0.4, 0.5) is 5.95 Å². The summed E-state index contributed by atoms with van der Waals surface area (Å²) in [5.41, 5.74) is 0.881. The summed E-state index contributed by atoms with van der Waals surface area (Å²) < 4.78 is 0. The SMILES string of the molecule is C[C@H](Cc1cnccn1)NC(=O)CN1CCN(c2ncccn2)CC1. The highest BCUT2D eigenvalue weighted by molar-refractivity contribution is 5.78. The lowest BCUT2D eigenvalue weighted by Crippen LogP contribution is -2.50. The predicted molar refractivity (Wildman–Crippen MR) is 94.0 cm³/mol. The van der Waals surface area contributed by atoms with E-state index in [1.54, 1.807) is 31.0 Å².